The van der Waals surface area contributed by atoms with Crippen LogP contribution in [0.5, 0.6) is 0 Å². The van der Waals surface area contributed by atoms with Gasteiger partial charge in [-0.15, -0.1) is 0 Å². The number of hydrogen-bond acceptors (Lipinski definition) is 3. The van der Waals surface area contributed by atoms with E-state index < -0.39 is 0 Å². The third kappa shape index (κ3) is 4.44. The Hall–Kier alpha value is -0.800. The van der Waals surface area contributed by atoms with Crippen molar-refractivity contribution in [1.82, 2.24) is 10.6 Å². The Kier molecular flexibility index (Phi) is 5.33. The fourth-order valence-corrected chi connectivity index (χ4v) is 1.32. The number of furan rings is 1. The molecule has 80 valence electrons. The van der Waals surface area contributed by atoms with Gasteiger partial charge >= 0.3 is 0 Å². The normalized spacial score (nSPS) is 13.0. The second-order valence-electron chi connectivity index (χ2n) is 3.62. The molecule has 3 heteroatoms. The Bertz CT molecular complexity index is 221. The van der Waals surface area contributed by atoms with Gasteiger partial charge in [-0.1, -0.05) is 13.8 Å². The fourth-order valence-electron chi connectivity index (χ4n) is 1.32. The van der Waals surface area contributed by atoms with Crippen molar-refractivity contribution in [1.29, 1.82) is 0 Å². The zero-order chi connectivity index (χ0) is 10.2. The smallest absolute Gasteiger partial charge is 0.117 e. The van der Waals surface area contributed by atoms with Gasteiger partial charge < -0.3 is 15.1 Å². The van der Waals surface area contributed by atoms with E-state index in [1.807, 2.05) is 12.1 Å². The summed E-state index contributed by atoms with van der Waals surface area (Å²) in [5, 5.41) is 6.69. The molecule has 1 unspecified atom stereocenters. The molecule has 0 spiro atoms. The highest BCUT2D eigenvalue weighted by molar-refractivity contribution is 4.97. The van der Waals surface area contributed by atoms with Crippen molar-refractivity contribution in [2.24, 2.45) is 5.92 Å². The highest BCUT2D eigenvalue weighted by Crippen LogP contribution is 1.99. The van der Waals surface area contributed by atoms with Crippen LogP contribution in [-0.4, -0.2) is 19.6 Å². The van der Waals surface area contributed by atoms with Crippen molar-refractivity contribution in [2.45, 2.75) is 20.4 Å². The second kappa shape index (κ2) is 6.62. The van der Waals surface area contributed by atoms with Gasteiger partial charge in [0, 0.05) is 0 Å². The van der Waals surface area contributed by atoms with Crippen LogP contribution in [0.4, 0.5) is 0 Å². The maximum Gasteiger partial charge on any atom is 0.117 e. The first kappa shape index (κ1) is 11.3. The van der Waals surface area contributed by atoms with Gasteiger partial charge in [0.05, 0.1) is 12.8 Å². The predicted molar refractivity (Wildman–Crippen MR) is 58.1 cm³/mol. The summed E-state index contributed by atoms with van der Waals surface area (Å²) >= 11 is 0. The summed E-state index contributed by atoms with van der Waals surface area (Å²) in [5.74, 6) is 1.66. The highest BCUT2D eigenvalue weighted by atomic mass is 16.3. The molecule has 0 amide bonds. The minimum Gasteiger partial charge on any atom is -0.468 e. The van der Waals surface area contributed by atoms with E-state index in [2.05, 4.69) is 24.5 Å². The molecule has 0 radical (unpaired) electrons. The molecule has 1 heterocycles. The minimum absolute atomic E-state index is 0.657. The second-order valence-corrected chi connectivity index (χ2v) is 3.62. The van der Waals surface area contributed by atoms with E-state index in [4.69, 9.17) is 4.42 Å². The molecule has 2 N–H and O–H groups in total. The van der Waals surface area contributed by atoms with Gasteiger partial charge in [0.15, 0.2) is 0 Å². The zero-order valence-corrected chi connectivity index (χ0v) is 9.05. The van der Waals surface area contributed by atoms with Crippen molar-refractivity contribution < 1.29 is 4.42 Å². The SMILES string of the molecule is CCNCC(C)CNCc1ccco1. The van der Waals surface area contributed by atoms with E-state index in [1.54, 1.807) is 6.26 Å². The first-order chi connectivity index (χ1) is 6.83. The quantitative estimate of drug-likeness (QED) is 0.696. The van der Waals surface area contributed by atoms with Crippen LogP contribution in [0.15, 0.2) is 22.8 Å². The van der Waals surface area contributed by atoms with Gasteiger partial charge in [0.2, 0.25) is 0 Å². The molecule has 1 atom stereocenters. The summed E-state index contributed by atoms with van der Waals surface area (Å²) in [6.07, 6.45) is 1.71. The van der Waals surface area contributed by atoms with Crippen LogP contribution in [0.2, 0.25) is 0 Å². The van der Waals surface area contributed by atoms with Gasteiger partial charge in [0.1, 0.15) is 5.76 Å². The lowest BCUT2D eigenvalue weighted by atomic mass is 10.2. The lowest BCUT2D eigenvalue weighted by Crippen LogP contribution is -2.29. The monoisotopic (exact) mass is 196 g/mol. The standard InChI is InChI=1S/C11H20N2O/c1-3-12-7-10(2)8-13-9-11-5-4-6-14-11/h4-6,10,12-13H,3,7-9H2,1-2H3. The summed E-state index contributed by atoms with van der Waals surface area (Å²) < 4.78 is 5.22. The number of rotatable bonds is 7. The molecule has 0 aliphatic heterocycles. The van der Waals surface area contributed by atoms with Crippen molar-refractivity contribution in [2.75, 3.05) is 19.6 Å². The average molecular weight is 196 g/mol. The molecule has 0 saturated carbocycles. The van der Waals surface area contributed by atoms with Gasteiger partial charge in [-0.2, -0.15) is 0 Å². The summed E-state index contributed by atoms with van der Waals surface area (Å²) in [6.45, 7) is 8.32. The average Bonchev–Trinajstić information content (AvgIpc) is 2.67. The Labute approximate surface area is 85.9 Å². The van der Waals surface area contributed by atoms with Crippen LogP contribution in [0.3, 0.4) is 0 Å². The van der Waals surface area contributed by atoms with Gasteiger partial charge in [-0.25, -0.2) is 0 Å². The van der Waals surface area contributed by atoms with Crippen LogP contribution in [0.25, 0.3) is 0 Å². The fraction of sp³-hybridized carbons (Fsp3) is 0.636. The van der Waals surface area contributed by atoms with E-state index in [0.29, 0.717) is 5.92 Å². The van der Waals surface area contributed by atoms with E-state index in [9.17, 15) is 0 Å². The third-order valence-corrected chi connectivity index (χ3v) is 2.11. The molecule has 0 fully saturated rings. The van der Waals surface area contributed by atoms with Crippen LogP contribution in [0.1, 0.15) is 19.6 Å². The molecule has 1 aromatic rings. The Balaban J connectivity index is 2.03. The summed E-state index contributed by atoms with van der Waals surface area (Å²) in [6, 6.07) is 3.90. The Morgan fingerprint density at radius 2 is 2.14 bits per heavy atom. The van der Waals surface area contributed by atoms with E-state index in [1.165, 1.54) is 0 Å². The van der Waals surface area contributed by atoms with Crippen LogP contribution < -0.4 is 10.6 Å². The molecule has 0 bridgehead atoms. The van der Waals surface area contributed by atoms with Crippen molar-refractivity contribution >= 4 is 0 Å². The predicted octanol–water partition coefficient (Wildman–Crippen LogP) is 1.61. The third-order valence-electron chi connectivity index (χ3n) is 2.11. The van der Waals surface area contributed by atoms with Crippen LogP contribution >= 0.6 is 0 Å². The molecule has 1 aromatic heterocycles. The zero-order valence-electron chi connectivity index (χ0n) is 9.05. The van der Waals surface area contributed by atoms with E-state index >= 15 is 0 Å². The molecule has 0 aromatic carbocycles. The first-order valence-electron chi connectivity index (χ1n) is 5.26. The first-order valence-corrected chi connectivity index (χ1v) is 5.26. The Morgan fingerprint density at radius 1 is 1.36 bits per heavy atom. The molecule has 0 aliphatic carbocycles. The maximum atomic E-state index is 5.22. The van der Waals surface area contributed by atoms with Gasteiger partial charge in [-0.05, 0) is 37.7 Å². The molecular formula is C11H20N2O. The van der Waals surface area contributed by atoms with E-state index in [0.717, 1.165) is 31.9 Å². The Morgan fingerprint density at radius 3 is 2.79 bits per heavy atom. The summed E-state index contributed by atoms with van der Waals surface area (Å²) in [5.41, 5.74) is 0. The molecule has 0 saturated heterocycles. The molecular weight excluding hydrogens is 176 g/mol. The summed E-state index contributed by atoms with van der Waals surface area (Å²) in [4.78, 5) is 0. The minimum atomic E-state index is 0.657. The molecule has 3 nitrogen and oxygen atoms in total. The van der Waals surface area contributed by atoms with Gasteiger partial charge in [0.25, 0.3) is 0 Å². The van der Waals surface area contributed by atoms with E-state index in [-0.39, 0.29) is 0 Å². The van der Waals surface area contributed by atoms with Crippen LogP contribution in [-0.2, 0) is 6.54 Å². The number of nitrogens with one attached hydrogen (secondary N) is 2. The topological polar surface area (TPSA) is 37.2 Å². The highest BCUT2D eigenvalue weighted by Gasteiger charge is 2.00. The van der Waals surface area contributed by atoms with Crippen molar-refractivity contribution in [3.63, 3.8) is 0 Å². The molecule has 1 rings (SSSR count). The lowest BCUT2D eigenvalue weighted by molar-refractivity contribution is 0.441. The van der Waals surface area contributed by atoms with Gasteiger partial charge in [-0.3, -0.25) is 0 Å². The van der Waals surface area contributed by atoms with Crippen molar-refractivity contribution in [3.05, 3.63) is 24.2 Å². The molecule has 0 aliphatic rings. The largest absolute Gasteiger partial charge is 0.468 e. The lowest BCUT2D eigenvalue weighted by Gasteiger charge is -2.11. The van der Waals surface area contributed by atoms with Crippen LogP contribution in [0, 0.1) is 5.92 Å². The summed E-state index contributed by atoms with van der Waals surface area (Å²) in [7, 11) is 0. The molecule has 14 heavy (non-hydrogen) atoms. The van der Waals surface area contributed by atoms with Crippen molar-refractivity contribution in [3.8, 4) is 0 Å². The maximum absolute atomic E-state index is 5.22. The number of hydrogen-bond donors (Lipinski definition) is 2.